The molecule has 0 aliphatic heterocycles. The summed E-state index contributed by atoms with van der Waals surface area (Å²) in [4.78, 5) is 14.4. The Kier molecular flexibility index (Phi) is 6.51. The van der Waals surface area contributed by atoms with Crippen LogP contribution in [0.2, 0.25) is 0 Å². The number of hydrogen-bond donors (Lipinski definition) is 1. The molecule has 1 saturated carbocycles. The molecule has 0 bridgehead atoms. The molecule has 1 N–H and O–H groups in total. The van der Waals surface area contributed by atoms with Crippen LogP contribution in [0, 0.1) is 0 Å². The highest BCUT2D eigenvalue weighted by atomic mass is 16.5. The number of benzene rings is 2. The second-order valence-corrected chi connectivity index (χ2v) is 7.44. The molecular weight excluding hydrogens is 324 g/mol. The molecule has 1 fully saturated rings. The van der Waals surface area contributed by atoms with Gasteiger partial charge in [0, 0.05) is 25.6 Å². The van der Waals surface area contributed by atoms with Crippen molar-refractivity contribution in [3.63, 3.8) is 0 Å². The lowest BCUT2D eigenvalue weighted by molar-refractivity contribution is -0.122. The summed E-state index contributed by atoms with van der Waals surface area (Å²) in [5.41, 5.74) is 1.26. The van der Waals surface area contributed by atoms with E-state index in [1.54, 1.807) is 7.11 Å². The van der Waals surface area contributed by atoms with Crippen LogP contribution in [-0.2, 0) is 11.3 Å². The fraction of sp³-hybridized carbons (Fsp3) is 0.500. The second kappa shape index (κ2) is 9.04. The van der Waals surface area contributed by atoms with Gasteiger partial charge in [-0.15, -0.1) is 0 Å². The number of rotatable bonds is 7. The molecule has 0 atom stereocenters. The number of carbonyl (C=O) groups is 1. The van der Waals surface area contributed by atoms with Gasteiger partial charge in [-0.1, -0.05) is 37.5 Å². The van der Waals surface area contributed by atoms with Crippen LogP contribution in [0.5, 0.6) is 5.75 Å². The number of hydrogen-bond acceptors (Lipinski definition) is 3. The van der Waals surface area contributed by atoms with Crippen LogP contribution in [0.25, 0.3) is 10.8 Å². The Balaban J connectivity index is 1.48. The molecule has 0 radical (unpaired) electrons. The lowest BCUT2D eigenvalue weighted by Gasteiger charge is -2.23. The minimum absolute atomic E-state index is 0.189. The molecule has 4 nitrogen and oxygen atoms in total. The largest absolute Gasteiger partial charge is 0.497 e. The highest BCUT2D eigenvalue weighted by Crippen LogP contribution is 2.22. The van der Waals surface area contributed by atoms with Gasteiger partial charge in [0.25, 0.3) is 0 Å². The van der Waals surface area contributed by atoms with Gasteiger partial charge in [-0.3, -0.25) is 4.79 Å². The zero-order chi connectivity index (χ0) is 18.4. The molecule has 0 unspecified atom stereocenters. The predicted molar refractivity (Wildman–Crippen MR) is 106 cm³/mol. The van der Waals surface area contributed by atoms with E-state index in [9.17, 15) is 4.79 Å². The highest BCUT2D eigenvalue weighted by molar-refractivity contribution is 5.84. The third-order valence-corrected chi connectivity index (χ3v) is 5.26. The molecule has 0 spiro atoms. The fourth-order valence-corrected chi connectivity index (χ4v) is 3.73. The summed E-state index contributed by atoms with van der Waals surface area (Å²) in [6, 6.07) is 13.0. The van der Waals surface area contributed by atoms with Gasteiger partial charge in [-0.05, 0) is 54.4 Å². The second-order valence-electron chi connectivity index (χ2n) is 7.44. The van der Waals surface area contributed by atoms with Gasteiger partial charge in [0.2, 0.25) is 5.91 Å². The highest BCUT2D eigenvalue weighted by Gasteiger charge is 2.15. The van der Waals surface area contributed by atoms with E-state index >= 15 is 0 Å². The van der Waals surface area contributed by atoms with Crippen LogP contribution < -0.4 is 10.1 Å². The van der Waals surface area contributed by atoms with E-state index in [4.69, 9.17) is 4.74 Å². The summed E-state index contributed by atoms with van der Waals surface area (Å²) in [5, 5.41) is 5.59. The third kappa shape index (κ3) is 5.21. The van der Waals surface area contributed by atoms with E-state index < -0.39 is 0 Å². The Hall–Kier alpha value is -2.07. The van der Waals surface area contributed by atoms with Crippen molar-refractivity contribution in [1.29, 1.82) is 0 Å². The van der Waals surface area contributed by atoms with Crippen LogP contribution in [0.3, 0.4) is 0 Å². The monoisotopic (exact) mass is 354 g/mol. The van der Waals surface area contributed by atoms with E-state index in [1.807, 2.05) is 6.07 Å². The van der Waals surface area contributed by atoms with Crippen molar-refractivity contribution in [3.8, 4) is 5.75 Å². The first-order chi connectivity index (χ1) is 12.6. The van der Waals surface area contributed by atoms with Crippen molar-refractivity contribution < 1.29 is 9.53 Å². The first kappa shape index (κ1) is 18.7. The van der Waals surface area contributed by atoms with E-state index in [0.717, 1.165) is 31.7 Å². The Morgan fingerprint density at radius 2 is 1.85 bits per heavy atom. The van der Waals surface area contributed by atoms with Gasteiger partial charge in [0.05, 0.1) is 7.11 Å². The van der Waals surface area contributed by atoms with Crippen LogP contribution >= 0.6 is 0 Å². The average Bonchev–Trinajstić information content (AvgIpc) is 2.67. The molecule has 2 aromatic carbocycles. The smallest absolute Gasteiger partial charge is 0.221 e. The van der Waals surface area contributed by atoms with E-state index in [1.165, 1.54) is 35.6 Å². The maximum atomic E-state index is 12.2. The SMILES string of the molecule is COc1ccc2cc(CN(C)CCC(=O)NC3CCCCC3)ccc2c1. The van der Waals surface area contributed by atoms with Gasteiger partial charge < -0.3 is 15.0 Å². The first-order valence-electron chi connectivity index (χ1n) is 9.68. The summed E-state index contributed by atoms with van der Waals surface area (Å²) in [5.74, 6) is 1.07. The topological polar surface area (TPSA) is 41.6 Å². The molecule has 4 heteroatoms. The maximum Gasteiger partial charge on any atom is 0.221 e. The maximum absolute atomic E-state index is 12.2. The number of ether oxygens (including phenoxy) is 1. The Morgan fingerprint density at radius 3 is 2.62 bits per heavy atom. The van der Waals surface area contributed by atoms with Gasteiger partial charge in [-0.2, -0.15) is 0 Å². The summed E-state index contributed by atoms with van der Waals surface area (Å²) in [6.07, 6.45) is 6.66. The number of carbonyl (C=O) groups excluding carboxylic acids is 1. The van der Waals surface area contributed by atoms with Gasteiger partial charge in [0.15, 0.2) is 0 Å². The van der Waals surface area contributed by atoms with E-state index in [2.05, 4.69) is 47.6 Å². The lowest BCUT2D eigenvalue weighted by atomic mass is 9.95. The normalized spacial score (nSPS) is 15.3. The van der Waals surface area contributed by atoms with Crippen molar-refractivity contribution in [1.82, 2.24) is 10.2 Å². The molecule has 1 amide bonds. The number of amides is 1. The molecular formula is C22H30N2O2. The molecule has 140 valence electrons. The Labute approximate surface area is 156 Å². The number of fused-ring (bicyclic) bond motifs is 1. The minimum Gasteiger partial charge on any atom is -0.497 e. The predicted octanol–water partition coefficient (Wildman–Crippen LogP) is 4.12. The van der Waals surface area contributed by atoms with Crippen LogP contribution in [0.15, 0.2) is 36.4 Å². The standard InChI is InChI=1S/C22H30N2O2/c1-24(13-12-22(25)23-20-6-4-3-5-7-20)16-17-8-9-19-15-21(26-2)11-10-18(19)14-17/h8-11,14-15,20H,3-7,12-13,16H2,1-2H3,(H,23,25). The number of nitrogens with zero attached hydrogens (tertiary/aromatic N) is 1. The number of methoxy groups -OCH3 is 1. The van der Waals surface area contributed by atoms with E-state index in [-0.39, 0.29) is 5.91 Å². The molecule has 0 aromatic heterocycles. The van der Waals surface area contributed by atoms with Crippen molar-refractivity contribution in [2.45, 2.75) is 51.1 Å². The summed E-state index contributed by atoms with van der Waals surface area (Å²) < 4.78 is 5.28. The van der Waals surface area contributed by atoms with Gasteiger partial charge in [-0.25, -0.2) is 0 Å². The minimum atomic E-state index is 0.189. The summed E-state index contributed by atoms with van der Waals surface area (Å²) >= 11 is 0. The van der Waals surface area contributed by atoms with Crippen molar-refractivity contribution in [2.75, 3.05) is 20.7 Å². The Bertz CT molecular complexity index is 738. The quantitative estimate of drug-likeness (QED) is 0.813. The molecule has 2 aromatic rings. The van der Waals surface area contributed by atoms with Crippen molar-refractivity contribution >= 4 is 16.7 Å². The zero-order valence-corrected chi connectivity index (χ0v) is 16.0. The van der Waals surface area contributed by atoms with Crippen molar-refractivity contribution in [3.05, 3.63) is 42.0 Å². The molecule has 1 aliphatic carbocycles. The Morgan fingerprint density at radius 1 is 1.12 bits per heavy atom. The first-order valence-corrected chi connectivity index (χ1v) is 9.68. The lowest BCUT2D eigenvalue weighted by Crippen LogP contribution is -2.37. The van der Waals surface area contributed by atoms with Crippen LogP contribution in [0.4, 0.5) is 0 Å². The average molecular weight is 354 g/mol. The fourth-order valence-electron chi connectivity index (χ4n) is 3.73. The molecule has 26 heavy (non-hydrogen) atoms. The number of nitrogens with one attached hydrogen (secondary N) is 1. The molecule has 1 aliphatic rings. The van der Waals surface area contributed by atoms with Crippen LogP contribution in [0.1, 0.15) is 44.1 Å². The summed E-state index contributed by atoms with van der Waals surface area (Å²) in [6.45, 7) is 1.62. The molecule has 0 saturated heterocycles. The third-order valence-electron chi connectivity index (χ3n) is 5.26. The van der Waals surface area contributed by atoms with Gasteiger partial charge >= 0.3 is 0 Å². The summed E-state index contributed by atoms with van der Waals surface area (Å²) in [7, 11) is 3.76. The molecule has 3 rings (SSSR count). The van der Waals surface area contributed by atoms with Crippen LogP contribution in [-0.4, -0.2) is 37.6 Å². The van der Waals surface area contributed by atoms with Gasteiger partial charge in [0.1, 0.15) is 5.75 Å². The van der Waals surface area contributed by atoms with Crippen molar-refractivity contribution in [2.24, 2.45) is 0 Å². The van der Waals surface area contributed by atoms with E-state index in [0.29, 0.717) is 12.5 Å². The molecule has 0 heterocycles. The zero-order valence-electron chi connectivity index (χ0n) is 16.0.